The predicted octanol–water partition coefficient (Wildman–Crippen LogP) is 2.69. The van der Waals surface area contributed by atoms with Crippen LogP contribution in [0.2, 0.25) is 0 Å². The van der Waals surface area contributed by atoms with Crippen LogP contribution in [0.3, 0.4) is 0 Å². The van der Waals surface area contributed by atoms with Gasteiger partial charge in [0.05, 0.1) is 24.7 Å². The summed E-state index contributed by atoms with van der Waals surface area (Å²) in [4.78, 5) is 14.9. The van der Waals surface area contributed by atoms with E-state index in [9.17, 15) is 4.79 Å². The smallest absolute Gasteiger partial charge is 0.227 e. The van der Waals surface area contributed by atoms with Gasteiger partial charge in [-0.1, -0.05) is 12.1 Å². The molecule has 0 bridgehead atoms. The molecular weight excluding hydrogens is 326 g/mol. The van der Waals surface area contributed by atoms with Crippen LogP contribution < -0.4 is 0 Å². The molecule has 1 amide bonds. The van der Waals surface area contributed by atoms with Crippen LogP contribution in [0.1, 0.15) is 24.8 Å². The van der Waals surface area contributed by atoms with Gasteiger partial charge in [0.25, 0.3) is 0 Å². The van der Waals surface area contributed by atoms with Crippen LogP contribution in [-0.4, -0.2) is 43.0 Å². The highest BCUT2D eigenvalue weighted by Crippen LogP contribution is 2.20. The van der Waals surface area contributed by atoms with Crippen molar-refractivity contribution >= 4 is 5.91 Å². The van der Waals surface area contributed by atoms with E-state index < -0.39 is 0 Å². The average Bonchev–Trinajstić information content (AvgIpc) is 3.37. The van der Waals surface area contributed by atoms with E-state index in [1.807, 2.05) is 63.1 Å². The predicted molar refractivity (Wildman–Crippen MR) is 98.8 cm³/mol. The highest BCUT2D eigenvalue weighted by Gasteiger charge is 2.27. The standard InChI is InChI=1S/C20H23N5O/c26-20(15-17-6-8-18(9-7-17)25-14-4-11-22-25)24-13-2-1-5-19(24)16-23-12-3-10-21-23/h3-4,6-12,14,19H,1-2,5,13,15-16H2. The Balaban J connectivity index is 1.42. The topological polar surface area (TPSA) is 56.0 Å². The van der Waals surface area contributed by atoms with Crippen molar-refractivity contribution in [3.63, 3.8) is 0 Å². The van der Waals surface area contributed by atoms with Gasteiger partial charge in [-0.3, -0.25) is 9.48 Å². The maximum absolute atomic E-state index is 12.9. The molecule has 0 saturated carbocycles. The Kier molecular flexibility index (Phi) is 4.82. The summed E-state index contributed by atoms with van der Waals surface area (Å²) in [5, 5.41) is 8.52. The molecule has 1 fully saturated rings. The Labute approximate surface area is 153 Å². The minimum Gasteiger partial charge on any atom is -0.338 e. The molecule has 1 saturated heterocycles. The maximum Gasteiger partial charge on any atom is 0.227 e. The van der Waals surface area contributed by atoms with E-state index in [0.717, 1.165) is 37.2 Å². The fourth-order valence-corrected chi connectivity index (χ4v) is 3.61. The Bertz CT molecular complexity index is 824. The summed E-state index contributed by atoms with van der Waals surface area (Å²) < 4.78 is 3.74. The number of aromatic nitrogens is 4. The second-order valence-corrected chi connectivity index (χ2v) is 6.76. The van der Waals surface area contributed by atoms with E-state index in [1.165, 1.54) is 6.42 Å². The zero-order chi connectivity index (χ0) is 17.8. The van der Waals surface area contributed by atoms with E-state index >= 15 is 0 Å². The van der Waals surface area contributed by atoms with Crippen molar-refractivity contribution in [1.29, 1.82) is 0 Å². The maximum atomic E-state index is 12.9. The zero-order valence-electron chi connectivity index (χ0n) is 14.7. The Morgan fingerprint density at radius 3 is 2.58 bits per heavy atom. The first kappa shape index (κ1) is 16.6. The largest absolute Gasteiger partial charge is 0.338 e. The van der Waals surface area contributed by atoms with Crippen molar-refractivity contribution in [2.45, 2.75) is 38.3 Å². The van der Waals surface area contributed by atoms with Gasteiger partial charge in [-0.05, 0) is 49.1 Å². The number of benzene rings is 1. The summed E-state index contributed by atoms with van der Waals surface area (Å²) >= 11 is 0. The van der Waals surface area contributed by atoms with Gasteiger partial charge in [0, 0.05) is 31.3 Å². The first-order valence-corrected chi connectivity index (χ1v) is 9.15. The zero-order valence-corrected chi connectivity index (χ0v) is 14.7. The van der Waals surface area contributed by atoms with Gasteiger partial charge in [0.2, 0.25) is 5.91 Å². The van der Waals surface area contributed by atoms with Gasteiger partial charge < -0.3 is 4.90 Å². The van der Waals surface area contributed by atoms with E-state index in [1.54, 1.807) is 12.4 Å². The molecule has 0 radical (unpaired) electrons. The summed E-state index contributed by atoms with van der Waals surface area (Å²) in [6.45, 7) is 1.62. The minimum absolute atomic E-state index is 0.202. The molecular formula is C20H23N5O. The van der Waals surface area contributed by atoms with Crippen molar-refractivity contribution in [1.82, 2.24) is 24.5 Å². The lowest BCUT2D eigenvalue weighted by Gasteiger charge is -2.36. The lowest BCUT2D eigenvalue weighted by molar-refractivity contribution is -0.134. The summed E-state index contributed by atoms with van der Waals surface area (Å²) in [7, 11) is 0. The molecule has 1 unspecified atom stereocenters. The second kappa shape index (κ2) is 7.56. The molecule has 6 nitrogen and oxygen atoms in total. The van der Waals surface area contributed by atoms with Gasteiger partial charge in [-0.25, -0.2) is 4.68 Å². The van der Waals surface area contributed by atoms with Gasteiger partial charge in [-0.15, -0.1) is 0 Å². The number of amides is 1. The lowest BCUT2D eigenvalue weighted by atomic mass is 10.0. The number of piperidine rings is 1. The molecule has 26 heavy (non-hydrogen) atoms. The van der Waals surface area contributed by atoms with E-state index in [-0.39, 0.29) is 11.9 Å². The number of carbonyl (C=O) groups is 1. The number of hydrogen-bond donors (Lipinski definition) is 0. The van der Waals surface area contributed by atoms with Crippen LogP contribution in [0.25, 0.3) is 5.69 Å². The summed E-state index contributed by atoms with van der Waals surface area (Å²) in [5.41, 5.74) is 2.04. The first-order valence-electron chi connectivity index (χ1n) is 9.15. The van der Waals surface area contributed by atoms with Crippen LogP contribution in [-0.2, 0) is 17.8 Å². The van der Waals surface area contributed by atoms with Gasteiger partial charge in [0.1, 0.15) is 0 Å². The molecule has 134 valence electrons. The van der Waals surface area contributed by atoms with Crippen LogP contribution >= 0.6 is 0 Å². The van der Waals surface area contributed by atoms with Gasteiger partial charge >= 0.3 is 0 Å². The molecule has 1 aliphatic heterocycles. The lowest BCUT2D eigenvalue weighted by Crippen LogP contribution is -2.46. The number of likely N-dealkylation sites (tertiary alicyclic amines) is 1. The Hall–Kier alpha value is -2.89. The number of nitrogens with zero attached hydrogens (tertiary/aromatic N) is 5. The molecule has 1 aromatic carbocycles. The third-order valence-corrected chi connectivity index (χ3v) is 4.97. The fourth-order valence-electron chi connectivity index (χ4n) is 3.61. The summed E-state index contributed by atoms with van der Waals surface area (Å²) in [6.07, 6.45) is 11.2. The fraction of sp³-hybridized carbons (Fsp3) is 0.350. The van der Waals surface area contributed by atoms with Crippen molar-refractivity contribution in [3.8, 4) is 5.69 Å². The van der Waals surface area contributed by atoms with E-state index in [4.69, 9.17) is 0 Å². The number of rotatable bonds is 5. The third kappa shape index (κ3) is 3.69. The van der Waals surface area contributed by atoms with Crippen LogP contribution in [0.15, 0.2) is 61.2 Å². The molecule has 4 rings (SSSR count). The number of carbonyl (C=O) groups excluding carboxylic acids is 1. The van der Waals surface area contributed by atoms with E-state index in [0.29, 0.717) is 6.42 Å². The van der Waals surface area contributed by atoms with E-state index in [2.05, 4.69) is 10.2 Å². The molecule has 0 aliphatic carbocycles. The van der Waals surface area contributed by atoms with Crippen molar-refractivity contribution in [3.05, 3.63) is 66.7 Å². The molecule has 1 atom stereocenters. The molecule has 0 spiro atoms. The molecule has 2 aromatic heterocycles. The molecule has 3 heterocycles. The Morgan fingerprint density at radius 2 is 1.85 bits per heavy atom. The number of hydrogen-bond acceptors (Lipinski definition) is 3. The molecule has 1 aliphatic rings. The van der Waals surface area contributed by atoms with Crippen molar-refractivity contribution in [2.75, 3.05) is 6.54 Å². The average molecular weight is 349 g/mol. The van der Waals surface area contributed by atoms with Gasteiger partial charge in [0.15, 0.2) is 0 Å². The van der Waals surface area contributed by atoms with Crippen LogP contribution in [0.4, 0.5) is 0 Å². The summed E-state index contributed by atoms with van der Waals surface area (Å²) in [5.74, 6) is 0.202. The third-order valence-electron chi connectivity index (χ3n) is 4.97. The SMILES string of the molecule is O=C(Cc1ccc(-n2cccn2)cc1)N1CCCCC1Cn1cccn1. The molecule has 3 aromatic rings. The normalized spacial score (nSPS) is 17.4. The van der Waals surface area contributed by atoms with Crippen LogP contribution in [0.5, 0.6) is 0 Å². The monoisotopic (exact) mass is 349 g/mol. The van der Waals surface area contributed by atoms with Crippen molar-refractivity contribution < 1.29 is 4.79 Å². The quantitative estimate of drug-likeness (QED) is 0.712. The Morgan fingerprint density at radius 1 is 1.04 bits per heavy atom. The first-order chi connectivity index (χ1) is 12.8. The minimum atomic E-state index is 0.202. The van der Waals surface area contributed by atoms with Gasteiger partial charge in [-0.2, -0.15) is 10.2 Å². The highest BCUT2D eigenvalue weighted by molar-refractivity contribution is 5.79. The molecule has 0 N–H and O–H groups in total. The van der Waals surface area contributed by atoms with Crippen molar-refractivity contribution in [2.24, 2.45) is 0 Å². The van der Waals surface area contributed by atoms with Crippen LogP contribution in [0, 0.1) is 0 Å². The highest BCUT2D eigenvalue weighted by atomic mass is 16.2. The molecule has 6 heteroatoms. The summed E-state index contributed by atoms with van der Waals surface area (Å²) in [6, 6.07) is 12.1. The second-order valence-electron chi connectivity index (χ2n) is 6.76.